The molecule has 0 aliphatic rings. The van der Waals surface area contributed by atoms with Gasteiger partial charge in [0.2, 0.25) is 0 Å². The lowest BCUT2D eigenvalue weighted by atomic mass is 9.99. The number of nitrogens with one attached hydrogen (secondary N) is 2. The fourth-order valence-electron chi connectivity index (χ4n) is 2.58. The summed E-state index contributed by atoms with van der Waals surface area (Å²) < 4.78 is 5.34. The molecular formula is C20H34N4O2. The van der Waals surface area contributed by atoms with Crippen molar-refractivity contribution in [2.24, 2.45) is 16.6 Å². The maximum Gasteiger partial charge on any atom is 0.255 e. The molecule has 0 spiro atoms. The zero-order valence-corrected chi connectivity index (χ0v) is 16.4. The van der Waals surface area contributed by atoms with E-state index in [0.717, 1.165) is 24.6 Å². The third kappa shape index (κ3) is 9.30. The number of unbranched alkanes of at least 4 members (excludes halogenated alkanes) is 1. The lowest BCUT2D eigenvalue weighted by Gasteiger charge is -2.18. The molecule has 1 unspecified atom stereocenters. The van der Waals surface area contributed by atoms with E-state index in [0.29, 0.717) is 18.2 Å². The Morgan fingerprint density at radius 3 is 2.73 bits per heavy atom. The van der Waals surface area contributed by atoms with Crippen LogP contribution in [0.4, 0.5) is 0 Å². The number of ether oxygens (including phenoxy) is 1. The van der Waals surface area contributed by atoms with E-state index in [2.05, 4.69) is 36.4 Å². The molecule has 1 rings (SSSR count). The molecule has 6 heteroatoms. The summed E-state index contributed by atoms with van der Waals surface area (Å²) in [5, 5.41) is 6.74. The number of primary amides is 1. The first-order chi connectivity index (χ1) is 12.6. The van der Waals surface area contributed by atoms with Crippen LogP contribution < -0.4 is 21.1 Å². The number of carbonyl (C=O) groups is 1. The first-order valence-corrected chi connectivity index (χ1v) is 9.61. The number of hydrogen-bond acceptors (Lipinski definition) is 3. The van der Waals surface area contributed by atoms with Crippen molar-refractivity contribution in [3.05, 3.63) is 29.8 Å². The molecular weight excluding hydrogens is 328 g/mol. The fourth-order valence-corrected chi connectivity index (χ4v) is 2.58. The van der Waals surface area contributed by atoms with Gasteiger partial charge in [0.15, 0.2) is 12.6 Å². The summed E-state index contributed by atoms with van der Waals surface area (Å²) in [5.74, 6) is 1.64. The number of nitrogens with two attached hydrogens (primary N) is 1. The maximum atomic E-state index is 10.8. The Hall–Kier alpha value is -2.24. The van der Waals surface area contributed by atoms with Gasteiger partial charge >= 0.3 is 0 Å². The standard InChI is InChI=1S/C20H34N4O2/c1-4-7-9-16(5-2)13-23-20(22-6-3)24-14-17-10-8-11-18(12-17)26-15-19(21)25/h8,10-12,16H,4-7,9,13-15H2,1-3H3,(H2,21,25)(H2,22,23,24). The van der Waals surface area contributed by atoms with E-state index in [1.807, 2.05) is 18.2 Å². The van der Waals surface area contributed by atoms with Gasteiger partial charge in [-0.15, -0.1) is 0 Å². The molecule has 0 fully saturated rings. The van der Waals surface area contributed by atoms with Crippen LogP contribution in [0, 0.1) is 5.92 Å². The molecule has 0 aliphatic carbocycles. The highest BCUT2D eigenvalue weighted by atomic mass is 16.5. The first-order valence-electron chi connectivity index (χ1n) is 9.61. The third-order valence-electron chi connectivity index (χ3n) is 4.14. The highest BCUT2D eigenvalue weighted by molar-refractivity contribution is 5.79. The summed E-state index contributed by atoms with van der Waals surface area (Å²) in [6.45, 7) is 8.70. The van der Waals surface area contributed by atoms with Gasteiger partial charge in [-0.3, -0.25) is 4.79 Å². The van der Waals surface area contributed by atoms with Crippen LogP contribution in [-0.2, 0) is 11.3 Å². The second kappa shape index (κ2) is 13.0. The Morgan fingerprint density at radius 1 is 1.27 bits per heavy atom. The van der Waals surface area contributed by atoms with Gasteiger partial charge in [0, 0.05) is 13.1 Å². The molecule has 1 aromatic rings. The molecule has 0 aliphatic heterocycles. The van der Waals surface area contributed by atoms with E-state index in [4.69, 9.17) is 10.5 Å². The van der Waals surface area contributed by atoms with Crippen LogP contribution in [0.15, 0.2) is 29.3 Å². The topological polar surface area (TPSA) is 88.7 Å². The third-order valence-corrected chi connectivity index (χ3v) is 4.14. The SMILES string of the molecule is CCCCC(CC)CNC(=NCc1cccc(OCC(N)=O)c1)NCC. The van der Waals surface area contributed by atoms with Crippen LogP contribution >= 0.6 is 0 Å². The van der Waals surface area contributed by atoms with Crippen molar-refractivity contribution >= 4 is 11.9 Å². The molecule has 0 saturated heterocycles. The molecule has 26 heavy (non-hydrogen) atoms. The zero-order valence-electron chi connectivity index (χ0n) is 16.4. The Bertz CT molecular complexity index is 560. The molecule has 6 nitrogen and oxygen atoms in total. The summed E-state index contributed by atoms with van der Waals surface area (Å²) in [4.78, 5) is 15.5. The number of amides is 1. The normalized spacial score (nSPS) is 12.5. The molecule has 1 atom stereocenters. The molecule has 0 bridgehead atoms. The molecule has 0 radical (unpaired) electrons. The zero-order chi connectivity index (χ0) is 19.2. The fraction of sp³-hybridized carbons (Fsp3) is 0.600. The number of hydrogen-bond donors (Lipinski definition) is 3. The molecule has 1 amide bonds. The average Bonchev–Trinajstić information content (AvgIpc) is 2.64. The van der Waals surface area contributed by atoms with Crippen LogP contribution in [0.1, 0.15) is 52.0 Å². The van der Waals surface area contributed by atoms with Gasteiger partial charge in [-0.1, -0.05) is 45.2 Å². The average molecular weight is 363 g/mol. The van der Waals surface area contributed by atoms with Crippen molar-refractivity contribution in [1.82, 2.24) is 10.6 Å². The van der Waals surface area contributed by atoms with Gasteiger partial charge in [0.25, 0.3) is 5.91 Å². The van der Waals surface area contributed by atoms with Crippen molar-refractivity contribution in [3.63, 3.8) is 0 Å². The maximum absolute atomic E-state index is 10.8. The monoisotopic (exact) mass is 362 g/mol. The van der Waals surface area contributed by atoms with Gasteiger partial charge in [-0.05, 0) is 37.0 Å². The first kappa shape index (κ1) is 21.8. The van der Waals surface area contributed by atoms with E-state index < -0.39 is 5.91 Å². The predicted molar refractivity (Wildman–Crippen MR) is 107 cm³/mol. The van der Waals surface area contributed by atoms with Crippen LogP contribution in [0.2, 0.25) is 0 Å². The van der Waals surface area contributed by atoms with E-state index in [-0.39, 0.29) is 6.61 Å². The Kier molecular flexibility index (Phi) is 10.9. The summed E-state index contributed by atoms with van der Waals surface area (Å²) >= 11 is 0. The number of carbonyl (C=O) groups excluding carboxylic acids is 1. The smallest absolute Gasteiger partial charge is 0.255 e. The van der Waals surface area contributed by atoms with Crippen LogP contribution in [0.3, 0.4) is 0 Å². The minimum Gasteiger partial charge on any atom is -0.484 e. The quantitative estimate of drug-likeness (QED) is 0.394. The van der Waals surface area contributed by atoms with Crippen molar-refractivity contribution in [2.75, 3.05) is 19.7 Å². The van der Waals surface area contributed by atoms with Crippen molar-refractivity contribution in [2.45, 2.75) is 53.0 Å². The Balaban J connectivity index is 2.62. The number of benzene rings is 1. The highest BCUT2D eigenvalue weighted by Crippen LogP contribution is 2.14. The van der Waals surface area contributed by atoms with E-state index in [1.54, 1.807) is 6.07 Å². The largest absolute Gasteiger partial charge is 0.484 e. The lowest BCUT2D eigenvalue weighted by molar-refractivity contribution is -0.119. The molecule has 146 valence electrons. The number of guanidine groups is 1. The van der Waals surface area contributed by atoms with Gasteiger partial charge in [0.1, 0.15) is 5.75 Å². The second-order valence-corrected chi connectivity index (χ2v) is 6.39. The number of nitrogens with zero attached hydrogens (tertiary/aromatic N) is 1. The summed E-state index contributed by atoms with van der Waals surface area (Å²) in [7, 11) is 0. The minimum absolute atomic E-state index is 0.118. The molecule has 1 aromatic carbocycles. The molecule has 4 N–H and O–H groups in total. The highest BCUT2D eigenvalue weighted by Gasteiger charge is 2.07. The van der Waals surface area contributed by atoms with Crippen molar-refractivity contribution in [3.8, 4) is 5.75 Å². The van der Waals surface area contributed by atoms with Gasteiger partial charge < -0.3 is 21.1 Å². The van der Waals surface area contributed by atoms with Crippen molar-refractivity contribution in [1.29, 1.82) is 0 Å². The summed E-state index contributed by atoms with van der Waals surface area (Å²) in [6.07, 6.45) is 4.93. The van der Waals surface area contributed by atoms with Crippen LogP contribution in [-0.4, -0.2) is 31.6 Å². The lowest BCUT2D eigenvalue weighted by Crippen LogP contribution is -2.39. The predicted octanol–water partition coefficient (Wildman–Crippen LogP) is 2.82. The van der Waals surface area contributed by atoms with Gasteiger partial charge in [0.05, 0.1) is 6.54 Å². The van der Waals surface area contributed by atoms with Gasteiger partial charge in [-0.25, -0.2) is 4.99 Å². The van der Waals surface area contributed by atoms with E-state index in [1.165, 1.54) is 25.7 Å². The van der Waals surface area contributed by atoms with E-state index in [9.17, 15) is 4.79 Å². The minimum atomic E-state index is -0.486. The molecule has 0 saturated carbocycles. The molecule has 0 heterocycles. The number of rotatable bonds is 12. The van der Waals surface area contributed by atoms with Crippen LogP contribution in [0.5, 0.6) is 5.75 Å². The number of aliphatic imine (C=N–C) groups is 1. The Labute approximate surface area is 157 Å². The second-order valence-electron chi connectivity index (χ2n) is 6.39. The van der Waals surface area contributed by atoms with Crippen molar-refractivity contribution < 1.29 is 9.53 Å². The summed E-state index contributed by atoms with van der Waals surface area (Å²) in [6, 6.07) is 7.56. The Morgan fingerprint density at radius 2 is 2.08 bits per heavy atom. The molecule has 0 aromatic heterocycles. The van der Waals surface area contributed by atoms with E-state index >= 15 is 0 Å². The van der Waals surface area contributed by atoms with Crippen LogP contribution in [0.25, 0.3) is 0 Å². The van der Waals surface area contributed by atoms with Gasteiger partial charge in [-0.2, -0.15) is 0 Å². The summed E-state index contributed by atoms with van der Waals surface area (Å²) in [5.41, 5.74) is 6.12.